The monoisotopic (exact) mass is 401 g/mol. The first-order valence-electron chi connectivity index (χ1n) is 12.5. The SMILES string of the molecule is CC(=O)N1C2CCCCC2N(CC2CCNCC23/C=C/CCCCCC3)C[C@@H]1C. The Bertz CT molecular complexity index is 591. The summed E-state index contributed by atoms with van der Waals surface area (Å²) in [6.45, 7) is 8.66. The summed E-state index contributed by atoms with van der Waals surface area (Å²) < 4.78 is 0. The van der Waals surface area contributed by atoms with Crippen molar-refractivity contribution in [1.29, 1.82) is 0 Å². The van der Waals surface area contributed by atoms with E-state index in [9.17, 15) is 4.79 Å². The number of carbonyl (C=O) groups excluding carboxylic acids is 1. The fourth-order valence-electron chi connectivity index (χ4n) is 7.03. The summed E-state index contributed by atoms with van der Waals surface area (Å²) in [5.41, 5.74) is 0.341. The van der Waals surface area contributed by atoms with Crippen LogP contribution < -0.4 is 5.32 Å². The van der Waals surface area contributed by atoms with Gasteiger partial charge in [-0.15, -0.1) is 0 Å². The molecule has 1 amide bonds. The molecule has 0 radical (unpaired) electrons. The number of allylic oxidation sites excluding steroid dienone is 1. The first-order chi connectivity index (χ1) is 14.1. The predicted octanol–water partition coefficient (Wildman–Crippen LogP) is 4.36. The summed E-state index contributed by atoms with van der Waals surface area (Å²) >= 11 is 0. The Balaban J connectivity index is 1.54. The molecule has 0 bridgehead atoms. The number of fused-ring (bicyclic) bond motifs is 1. The van der Waals surface area contributed by atoms with E-state index < -0.39 is 0 Å². The highest BCUT2D eigenvalue weighted by molar-refractivity contribution is 5.74. The van der Waals surface area contributed by atoms with E-state index in [1.807, 2.05) is 0 Å². The van der Waals surface area contributed by atoms with Crippen molar-refractivity contribution in [2.75, 3.05) is 26.2 Å². The number of piperidine rings is 1. The van der Waals surface area contributed by atoms with Gasteiger partial charge in [0.2, 0.25) is 5.91 Å². The van der Waals surface area contributed by atoms with Gasteiger partial charge in [0.1, 0.15) is 0 Å². The largest absolute Gasteiger partial charge is 0.334 e. The lowest BCUT2D eigenvalue weighted by Crippen LogP contribution is -2.66. The Morgan fingerprint density at radius 2 is 1.86 bits per heavy atom. The van der Waals surface area contributed by atoms with Gasteiger partial charge in [-0.1, -0.05) is 44.3 Å². The highest BCUT2D eigenvalue weighted by Gasteiger charge is 2.45. The molecule has 164 valence electrons. The molecule has 3 fully saturated rings. The van der Waals surface area contributed by atoms with Crippen LogP contribution in [0, 0.1) is 11.3 Å². The molecular weight excluding hydrogens is 358 g/mol. The van der Waals surface area contributed by atoms with Gasteiger partial charge in [-0.3, -0.25) is 9.69 Å². The van der Waals surface area contributed by atoms with Crippen LogP contribution in [-0.2, 0) is 4.79 Å². The number of carbonyl (C=O) groups is 1. The fraction of sp³-hybridized carbons (Fsp3) is 0.880. The summed E-state index contributed by atoms with van der Waals surface area (Å²) in [5.74, 6) is 1.03. The van der Waals surface area contributed by atoms with Crippen LogP contribution in [0.1, 0.15) is 84.5 Å². The Morgan fingerprint density at radius 1 is 1.07 bits per heavy atom. The number of rotatable bonds is 2. The zero-order valence-electron chi connectivity index (χ0n) is 18.9. The molecule has 4 rings (SSSR count). The van der Waals surface area contributed by atoms with Gasteiger partial charge in [0.15, 0.2) is 0 Å². The van der Waals surface area contributed by atoms with Crippen LogP contribution in [0.5, 0.6) is 0 Å². The van der Waals surface area contributed by atoms with Crippen molar-refractivity contribution < 1.29 is 4.79 Å². The number of nitrogens with one attached hydrogen (secondary N) is 1. The van der Waals surface area contributed by atoms with Crippen LogP contribution in [-0.4, -0.2) is 60.0 Å². The van der Waals surface area contributed by atoms with E-state index in [-0.39, 0.29) is 5.91 Å². The van der Waals surface area contributed by atoms with Crippen molar-refractivity contribution in [2.45, 2.75) is 103 Å². The molecule has 4 unspecified atom stereocenters. The predicted molar refractivity (Wildman–Crippen MR) is 120 cm³/mol. The third kappa shape index (κ3) is 4.58. The highest BCUT2D eigenvalue weighted by Crippen LogP contribution is 2.42. The summed E-state index contributed by atoms with van der Waals surface area (Å²) in [5, 5.41) is 3.75. The molecule has 2 aliphatic heterocycles. The lowest BCUT2D eigenvalue weighted by atomic mass is 9.67. The minimum atomic E-state index is 0.284. The fourth-order valence-corrected chi connectivity index (χ4v) is 7.03. The van der Waals surface area contributed by atoms with Gasteiger partial charge < -0.3 is 10.2 Å². The molecule has 0 aromatic heterocycles. The van der Waals surface area contributed by atoms with Gasteiger partial charge >= 0.3 is 0 Å². The maximum Gasteiger partial charge on any atom is 0.220 e. The van der Waals surface area contributed by atoms with Crippen molar-refractivity contribution in [3.8, 4) is 0 Å². The molecule has 4 nitrogen and oxygen atoms in total. The van der Waals surface area contributed by atoms with E-state index in [1.165, 1.54) is 77.2 Å². The van der Waals surface area contributed by atoms with Crippen LogP contribution in [0.25, 0.3) is 0 Å². The van der Waals surface area contributed by atoms with E-state index in [4.69, 9.17) is 0 Å². The molecule has 1 saturated carbocycles. The molecule has 5 atom stereocenters. The molecule has 4 aliphatic rings. The summed E-state index contributed by atoms with van der Waals surface area (Å²) in [4.78, 5) is 17.5. The van der Waals surface area contributed by atoms with E-state index in [2.05, 4.69) is 34.2 Å². The maximum absolute atomic E-state index is 12.4. The number of nitrogens with zero attached hydrogens (tertiary/aromatic N) is 2. The van der Waals surface area contributed by atoms with Crippen molar-refractivity contribution in [3.63, 3.8) is 0 Å². The number of amides is 1. The third-order valence-corrected chi connectivity index (χ3v) is 8.46. The van der Waals surface area contributed by atoms with Gasteiger partial charge in [0.05, 0.1) is 0 Å². The van der Waals surface area contributed by atoms with Gasteiger partial charge in [0.25, 0.3) is 0 Å². The molecule has 1 spiro atoms. The number of hydrogen-bond acceptors (Lipinski definition) is 3. The van der Waals surface area contributed by atoms with E-state index >= 15 is 0 Å². The molecule has 2 heterocycles. The maximum atomic E-state index is 12.4. The normalized spacial score (nSPS) is 40.6. The quantitative estimate of drug-likeness (QED) is 0.699. The topological polar surface area (TPSA) is 35.6 Å². The van der Waals surface area contributed by atoms with Gasteiger partial charge in [-0.25, -0.2) is 0 Å². The van der Waals surface area contributed by atoms with Crippen molar-refractivity contribution in [2.24, 2.45) is 11.3 Å². The molecule has 4 heteroatoms. The van der Waals surface area contributed by atoms with E-state index in [0.29, 0.717) is 23.5 Å². The Kier molecular flexibility index (Phi) is 7.01. The van der Waals surface area contributed by atoms with Crippen LogP contribution in [0.2, 0.25) is 0 Å². The summed E-state index contributed by atoms with van der Waals surface area (Å²) in [6.07, 6.45) is 19.6. The highest BCUT2D eigenvalue weighted by atomic mass is 16.2. The minimum Gasteiger partial charge on any atom is -0.334 e. The lowest BCUT2D eigenvalue weighted by molar-refractivity contribution is -0.143. The molecule has 29 heavy (non-hydrogen) atoms. The van der Waals surface area contributed by atoms with E-state index in [1.54, 1.807) is 6.92 Å². The Hall–Kier alpha value is -0.870. The standard InChI is InChI=1S/C25H43N3O/c1-20-17-27(23-11-7-8-12-24(23)28(20)21(2)29)18-22-13-16-26-19-25(22)14-9-5-3-4-6-10-15-25/h9,14,20,22-24,26H,3-8,10-13,15-19H2,1-2H3/b14-9+/t20-,22?,23?,24?,25?/m0/s1. The number of piperazine rings is 1. The average Bonchev–Trinajstić information content (AvgIpc) is 2.82. The second-order valence-electron chi connectivity index (χ2n) is 10.4. The van der Waals surface area contributed by atoms with Crippen LogP contribution >= 0.6 is 0 Å². The molecule has 2 saturated heterocycles. The van der Waals surface area contributed by atoms with Crippen LogP contribution in [0.3, 0.4) is 0 Å². The van der Waals surface area contributed by atoms with Crippen molar-refractivity contribution in [1.82, 2.24) is 15.1 Å². The summed E-state index contributed by atoms with van der Waals surface area (Å²) in [7, 11) is 0. The first kappa shape index (κ1) is 21.4. The average molecular weight is 402 g/mol. The lowest BCUT2D eigenvalue weighted by Gasteiger charge is -2.55. The molecule has 1 N–H and O–H groups in total. The van der Waals surface area contributed by atoms with Gasteiger partial charge in [0, 0.05) is 50.1 Å². The zero-order chi connectivity index (χ0) is 20.3. The molecule has 0 aromatic rings. The first-order valence-corrected chi connectivity index (χ1v) is 12.5. The Morgan fingerprint density at radius 3 is 2.69 bits per heavy atom. The number of hydrogen-bond donors (Lipinski definition) is 1. The Labute approximate surface area is 178 Å². The van der Waals surface area contributed by atoms with Gasteiger partial charge in [-0.05, 0) is 57.9 Å². The van der Waals surface area contributed by atoms with Crippen molar-refractivity contribution >= 4 is 5.91 Å². The van der Waals surface area contributed by atoms with Crippen LogP contribution in [0.4, 0.5) is 0 Å². The molecule has 2 aliphatic carbocycles. The summed E-state index contributed by atoms with van der Waals surface area (Å²) in [6, 6.07) is 1.37. The minimum absolute atomic E-state index is 0.284. The van der Waals surface area contributed by atoms with Crippen LogP contribution in [0.15, 0.2) is 12.2 Å². The van der Waals surface area contributed by atoms with Crippen molar-refractivity contribution in [3.05, 3.63) is 12.2 Å². The zero-order valence-corrected chi connectivity index (χ0v) is 18.9. The smallest absolute Gasteiger partial charge is 0.220 e. The molecule has 0 aromatic carbocycles. The third-order valence-electron chi connectivity index (χ3n) is 8.46. The van der Waals surface area contributed by atoms with E-state index in [0.717, 1.165) is 25.6 Å². The molecular formula is C25H43N3O. The van der Waals surface area contributed by atoms with Gasteiger partial charge in [-0.2, -0.15) is 0 Å². The second-order valence-corrected chi connectivity index (χ2v) is 10.4. The second kappa shape index (κ2) is 9.51.